The maximum atomic E-state index is 13.5. The van der Waals surface area contributed by atoms with Crippen LogP contribution in [-0.2, 0) is 9.59 Å². The van der Waals surface area contributed by atoms with Crippen LogP contribution in [0.4, 0.5) is 10.1 Å². The number of nitrogens with zero attached hydrogens (tertiary/aromatic N) is 1. The van der Waals surface area contributed by atoms with E-state index >= 15 is 0 Å². The van der Waals surface area contributed by atoms with Crippen LogP contribution in [0.25, 0.3) is 0 Å². The Labute approximate surface area is 162 Å². The number of anilines is 1. The minimum absolute atomic E-state index is 0.00658. The van der Waals surface area contributed by atoms with Crippen LogP contribution < -0.4 is 24.4 Å². The quantitative estimate of drug-likeness (QED) is 0.787. The summed E-state index contributed by atoms with van der Waals surface area (Å²) in [6.45, 7) is -0.0122. The number of amides is 2. The van der Waals surface area contributed by atoms with E-state index in [2.05, 4.69) is 5.32 Å². The van der Waals surface area contributed by atoms with Gasteiger partial charge >= 0.3 is 0 Å². The summed E-state index contributed by atoms with van der Waals surface area (Å²) in [6.07, 6.45) is 0.166. The van der Waals surface area contributed by atoms with Crippen molar-refractivity contribution in [1.29, 1.82) is 0 Å². The second-order valence-electron chi connectivity index (χ2n) is 6.23. The molecule has 0 spiro atoms. The molecule has 0 aromatic heterocycles. The van der Waals surface area contributed by atoms with Crippen molar-refractivity contribution in [2.45, 2.75) is 12.5 Å². The van der Waals surface area contributed by atoms with E-state index in [-0.39, 0.29) is 30.7 Å². The Morgan fingerprint density at radius 3 is 2.61 bits per heavy atom. The SMILES string of the molecule is COc1ccc(N2CC(NC(=O)COc3ccccc3F)CC2=O)cc1OC. The number of ether oxygens (including phenoxy) is 3. The highest BCUT2D eigenvalue weighted by Crippen LogP contribution is 2.33. The van der Waals surface area contributed by atoms with Gasteiger partial charge in [-0.25, -0.2) is 4.39 Å². The van der Waals surface area contributed by atoms with Gasteiger partial charge in [0, 0.05) is 24.7 Å². The molecule has 8 heteroatoms. The number of nitrogens with one attached hydrogen (secondary N) is 1. The van der Waals surface area contributed by atoms with Gasteiger partial charge in [-0.05, 0) is 24.3 Å². The standard InChI is InChI=1S/C20H21FN2O5/c1-26-17-8-7-14(10-18(17)27-2)23-11-13(9-20(23)25)22-19(24)12-28-16-6-4-3-5-15(16)21/h3-8,10,13H,9,11-12H2,1-2H3,(H,22,24). The molecule has 1 saturated heterocycles. The van der Waals surface area contributed by atoms with Crippen LogP contribution in [-0.4, -0.2) is 45.2 Å². The van der Waals surface area contributed by atoms with Crippen LogP contribution in [0.2, 0.25) is 0 Å². The molecule has 0 aliphatic carbocycles. The Kier molecular flexibility index (Phi) is 5.98. The van der Waals surface area contributed by atoms with Gasteiger partial charge in [0.2, 0.25) is 5.91 Å². The van der Waals surface area contributed by atoms with Gasteiger partial charge in [0.15, 0.2) is 29.7 Å². The Balaban J connectivity index is 1.58. The molecule has 0 bridgehead atoms. The van der Waals surface area contributed by atoms with Crippen LogP contribution in [0.1, 0.15) is 6.42 Å². The first-order chi connectivity index (χ1) is 13.5. The van der Waals surface area contributed by atoms with Crippen molar-refractivity contribution in [3.63, 3.8) is 0 Å². The summed E-state index contributed by atoms with van der Waals surface area (Å²) in [4.78, 5) is 26.0. The molecule has 1 aliphatic heterocycles. The number of methoxy groups -OCH3 is 2. The van der Waals surface area contributed by atoms with Crippen molar-refractivity contribution in [3.05, 3.63) is 48.3 Å². The van der Waals surface area contributed by atoms with E-state index in [9.17, 15) is 14.0 Å². The summed E-state index contributed by atoms with van der Waals surface area (Å²) < 4.78 is 29.2. The van der Waals surface area contributed by atoms with Crippen LogP contribution >= 0.6 is 0 Å². The van der Waals surface area contributed by atoms with E-state index in [1.165, 1.54) is 32.4 Å². The molecule has 1 unspecified atom stereocenters. The van der Waals surface area contributed by atoms with Gasteiger partial charge in [-0.15, -0.1) is 0 Å². The van der Waals surface area contributed by atoms with Crippen molar-refractivity contribution in [1.82, 2.24) is 5.32 Å². The van der Waals surface area contributed by atoms with Crippen LogP contribution in [0.15, 0.2) is 42.5 Å². The van der Waals surface area contributed by atoms with Gasteiger partial charge in [0.05, 0.1) is 20.3 Å². The third-order valence-corrected chi connectivity index (χ3v) is 4.36. The molecule has 0 saturated carbocycles. The molecule has 1 N–H and O–H groups in total. The van der Waals surface area contributed by atoms with Gasteiger partial charge in [0.25, 0.3) is 5.91 Å². The topological polar surface area (TPSA) is 77.1 Å². The maximum Gasteiger partial charge on any atom is 0.258 e. The van der Waals surface area contributed by atoms with Gasteiger partial charge in [0.1, 0.15) is 0 Å². The van der Waals surface area contributed by atoms with Crippen LogP contribution in [0, 0.1) is 5.82 Å². The fourth-order valence-corrected chi connectivity index (χ4v) is 3.02. The van der Waals surface area contributed by atoms with Crippen LogP contribution in [0.5, 0.6) is 17.2 Å². The summed E-state index contributed by atoms with van der Waals surface area (Å²) in [5.41, 5.74) is 0.655. The average Bonchev–Trinajstić information content (AvgIpc) is 3.06. The molecule has 2 aromatic carbocycles. The lowest BCUT2D eigenvalue weighted by Gasteiger charge is -2.19. The Bertz CT molecular complexity index is 873. The molecule has 0 radical (unpaired) electrons. The molecule has 1 atom stereocenters. The van der Waals surface area contributed by atoms with E-state index in [0.29, 0.717) is 23.7 Å². The Morgan fingerprint density at radius 2 is 1.89 bits per heavy atom. The molecule has 1 aliphatic rings. The molecule has 1 fully saturated rings. The number of para-hydroxylation sites is 1. The average molecular weight is 388 g/mol. The fraction of sp³-hybridized carbons (Fsp3) is 0.300. The van der Waals surface area contributed by atoms with E-state index in [1.54, 1.807) is 29.2 Å². The summed E-state index contributed by atoms with van der Waals surface area (Å²) in [6, 6.07) is 10.7. The number of hydrogen-bond donors (Lipinski definition) is 1. The smallest absolute Gasteiger partial charge is 0.258 e. The lowest BCUT2D eigenvalue weighted by molar-refractivity contribution is -0.123. The second kappa shape index (κ2) is 8.60. The Morgan fingerprint density at radius 1 is 1.14 bits per heavy atom. The van der Waals surface area contributed by atoms with Crippen molar-refractivity contribution < 1.29 is 28.2 Å². The molecule has 148 valence electrons. The largest absolute Gasteiger partial charge is 0.493 e. The van der Waals surface area contributed by atoms with Gasteiger partial charge in [-0.2, -0.15) is 0 Å². The van der Waals surface area contributed by atoms with Crippen LogP contribution in [0.3, 0.4) is 0 Å². The molecular weight excluding hydrogens is 367 g/mol. The summed E-state index contributed by atoms with van der Waals surface area (Å²) in [7, 11) is 3.06. The molecule has 28 heavy (non-hydrogen) atoms. The second-order valence-corrected chi connectivity index (χ2v) is 6.23. The zero-order chi connectivity index (χ0) is 20.1. The summed E-state index contributed by atoms with van der Waals surface area (Å²) >= 11 is 0. The molecule has 2 aromatic rings. The zero-order valence-electron chi connectivity index (χ0n) is 15.6. The number of hydrogen-bond acceptors (Lipinski definition) is 5. The lowest BCUT2D eigenvalue weighted by Crippen LogP contribution is -2.39. The first-order valence-corrected chi connectivity index (χ1v) is 8.71. The van der Waals surface area contributed by atoms with Crippen molar-refractivity contribution in [3.8, 4) is 17.2 Å². The maximum absolute atomic E-state index is 13.5. The van der Waals surface area contributed by atoms with E-state index in [1.807, 2.05) is 0 Å². The number of carbonyl (C=O) groups excluding carboxylic acids is 2. The molecular formula is C20H21FN2O5. The number of carbonyl (C=O) groups is 2. The monoisotopic (exact) mass is 388 g/mol. The molecule has 7 nitrogen and oxygen atoms in total. The normalized spacial score (nSPS) is 16.0. The Hall–Kier alpha value is -3.29. The predicted octanol–water partition coefficient (Wildman–Crippen LogP) is 2.14. The predicted molar refractivity (Wildman–Crippen MR) is 100 cm³/mol. The molecule has 3 rings (SSSR count). The van der Waals surface area contributed by atoms with Gasteiger partial charge < -0.3 is 24.4 Å². The number of rotatable bonds is 7. The van der Waals surface area contributed by atoms with Gasteiger partial charge in [-0.3, -0.25) is 9.59 Å². The van der Waals surface area contributed by atoms with Crippen molar-refractivity contribution >= 4 is 17.5 Å². The highest BCUT2D eigenvalue weighted by atomic mass is 19.1. The van der Waals surface area contributed by atoms with Crippen molar-refractivity contribution in [2.75, 3.05) is 32.3 Å². The lowest BCUT2D eigenvalue weighted by atomic mass is 10.2. The number of halogens is 1. The third kappa shape index (κ3) is 4.33. The molecule has 2 amide bonds. The van der Waals surface area contributed by atoms with Crippen molar-refractivity contribution in [2.24, 2.45) is 0 Å². The highest BCUT2D eigenvalue weighted by Gasteiger charge is 2.32. The first-order valence-electron chi connectivity index (χ1n) is 8.71. The zero-order valence-corrected chi connectivity index (χ0v) is 15.6. The minimum Gasteiger partial charge on any atom is -0.493 e. The van der Waals surface area contributed by atoms with Gasteiger partial charge in [-0.1, -0.05) is 12.1 Å². The van der Waals surface area contributed by atoms with E-state index < -0.39 is 11.7 Å². The first kappa shape index (κ1) is 19.5. The summed E-state index contributed by atoms with van der Waals surface area (Å²) in [5, 5.41) is 2.75. The third-order valence-electron chi connectivity index (χ3n) is 4.36. The fourth-order valence-electron chi connectivity index (χ4n) is 3.02. The molecule has 1 heterocycles. The van der Waals surface area contributed by atoms with E-state index in [4.69, 9.17) is 14.2 Å². The summed E-state index contributed by atoms with van der Waals surface area (Å²) in [5.74, 6) is 0.00690. The van der Waals surface area contributed by atoms with E-state index in [0.717, 1.165) is 0 Å². The highest BCUT2D eigenvalue weighted by molar-refractivity contribution is 5.97. The number of benzene rings is 2. The minimum atomic E-state index is -0.536.